The fraction of sp³-hybridized carbons (Fsp3) is 0.250. The molecule has 2 aromatic heterocycles. The second-order valence-corrected chi connectivity index (χ2v) is 4.32. The van der Waals surface area contributed by atoms with Gasteiger partial charge in [0.1, 0.15) is 5.76 Å². The van der Waals surface area contributed by atoms with Crippen LogP contribution in [0.2, 0.25) is 0 Å². The molecular formula is C12H13NO3S. The van der Waals surface area contributed by atoms with Gasteiger partial charge >= 0.3 is 6.09 Å². The number of nitrogens with zero attached hydrogens (tertiary/aromatic N) is 1. The van der Waals surface area contributed by atoms with Gasteiger partial charge in [0.2, 0.25) is 0 Å². The number of hydrogen-bond acceptors (Lipinski definition) is 4. The SMILES string of the molecule is COC(=O)N(Cc1ccsc1)Cc1ccco1. The maximum atomic E-state index is 11.6. The van der Waals surface area contributed by atoms with Gasteiger partial charge in [0.15, 0.2) is 0 Å². The van der Waals surface area contributed by atoms with E-state index in [0.29, 0.717) is 13.1 Å². The number of amides is 1. The molecule has 2 heterocycles. The average Bonchev–Trinajstić information content (AvgIpc) is 3.00. The lowest BCUT2D eigenvalue weighted by molar-refractivity contribution is 0.114. The fourth-order valence-electron chi connectivity index (χ4n) is 1.51. The van der Waals surface area contributed by atoms with Crippen molar-refractivity contribution in [3.63, 3.8) is 0 Å². The number of ether oxygens (including phenoxy) is 1. The van der Waals surface area contributed by atoms with Crippen molar-refractivity contribution >= 4 is 17.4 Å². The van der Waals surface area contributed by atoms with E-state index < -0.39 is 0 Å². The lowest BCUT2D eigenvalue weighted by atomic mass is 10.3. The highest BCUT2D eigenvalue weighted by molar-refractivity contribution is 7.07. The van der Waals surface area contributed by atoms with Crippen molar-refractivity contribution < 1.29 is 13.9 Å². The fourth-order valence-corrected chi connectivity index (χ4v) is 2.17. The molecule has 1 amide bonds. The Hall–Kier alpha value is -1.75. The molecule has 0 atom stereocenters. The van der Waals surface area contributed by atoms with Gasteiger partial charge in [-0.1, -0.05) is 0 Å². The van der Waals surface area contributed by atoms with Gasteiger partial charge in [0.25, 0.3) is 0 Å². The van der Waals surface area contributed by atoms with Gasteiger partial charge < -0.3 is 9.15 Å². The molecule has 0 spiro atoms. The second-order valence-electron chi connectivity index (χ2n) is 3.54. The molecule has 0 fully saturated rings. The predicted molar refractivity (Wildman–Crippen MR) is 64.7 cm³/mol. The van der Waals surface area contributed by atoms with E-state index in [0.717, 1.165) is 11.3 Å². The first-order chi connectivity index (χ1) is 8.29. The molecule has 5 heteroatoms. The van der Waals surface area contributed by atoms with Crippen LogP contribution < -0.4 is 0 Å². The van der Waals surface area contributed by atoms with Crippen LogP contribution in [0, 0.1) is 0 Å². The number of furan rings is 1. The molecule has 0 aliphatic carbocycles. The summed E-state index contributed by atoms with van der Waals surface area (Å²) in [5, 5.41) is 4.00. The number of rotatable bonds is 4. The minimum absolute atomic E-state index is 0.354. The van der Waals surface area contributed by atoms with Crippen LogP contribution in [0.1, 0.15) is 11.3 Å². The largest absolute Gasteiger partial charge is 0.467 e. The zero-order valence-electron chi connectivity index (χ0n) is 9.46. The van der Waals surface area contributed by atoms with Crippen LogP contribution in [0.15, 0.2) is 39.6 Å². The van der Waals surface area contributed by atoms with Crippen LogP contribution in [-0.2, 0) is 17.8 Å². The van der Waals surface area contributed by atoms with Crippen LogP contribution >= 0.6 is 11.3 Å². The minimum atomic E-state index is -0.354. The molecule has 2 rings (SSSR count). The summed E-state index contributed by atoms with van der Waals surface area (Å²) in [4.78, 5) is 13.2. The van der Waals surface area contributed by atoms with Crippen molar-refractivity contribution in [3.05, 3.63) is 46.5 Å². The number of methoxy groups -OCH3 is 1. The number of hydrogen-bond donors (Lipinski definition) is 0. The molecule has 0 aromatic carbocycles. The Kier molecular flexibility index (Phi) is 3.82. The maximum Gasteiger partial charge on any atom is 0.410 e. The van der Waals surface area contributed by atoms with Gasteiger partial charge in [0, 0.05) is 0 Å². The molecule has 90 valence electrons. The Morgan fingerprint density at radius 1 is 1.47 bits per heavy atom. The van der Waals surface area contributed by atoms with E-state index in [1.165, 1.54) is 7.11 Å². The van der Waals surface area contributed by atoms with E-state index in [1.807, 2.05) is 22.9 Å². The normalized spacial score (nSPS) is 10.2. The average molecular weight is 251 g/mol. The lowest BCUT2D eigenvalue weighted by Crippen LogP contribution is -2.29. The van der Waals surface area contributed by atoms with Gasteiger partial charge in [-0.3, -0.25) is 4.90 Å². The number of thiophene rings is 1. The van der Waals surface area contributed by atoms with Gasteiger partial charge in [0.05, 0.1) is 26.5 Å². The molecule has 0 saturated carbocycles. The standard InChI is InChI=1S/C12H13NO3S/c1-15-12(14)13(7-10-4-6-17-9-10)8-11-3-2-5-16-11/h2-6,9H,7-8H2,1H3. The summed E-state index contributed by atoms with van der Waals surface area (Å²) < 4.78 is 9.99. The topological polar surface area (TPSA) is 42.7 Å². The first kappa shape index (κ1) is 11.7. The van der Waals surface area contributed by atoms with Crippen molar-refractivity contribution in [1.82, 2.24) is 4.90 Å². The number of carbonyl (C=O) groups is 1. The minimum Gasteiger partial charge on any atom is -0.467 e. The quantitative estimate of drug-likeness (QED) is 0.838. The van der Waals surface area contributed by atoms with E-state index in [1.54, 1.807) is 28.6 Å². The Balaban J connectivity index is 2.05. The van der Waals surface area contributed by atoms with Crippen molar-refractivity contribution in [2.75, 3.05) is 7.11 Å². The third-order valence-corrected chi connectivity index (χ3v) is 3.05. The monoisotopic (exact) mass is 251 g/mol. The molecule has 0 aliphatic rings. The maximum absolute atomic E-state index is 11.6. The number of carbonyl (C=O) groups excluding carboxylic acids is 1. The van der Waals surface area contributed by atoms with Gasteiger partial charge in [-0.25, -0.2) is 4.79 Å². The molecule has 0 N–H and O–H groups in total. The summed E-state index contributed by atoms with van der Waals surface area (Å²) in [6, 6.07) is 5.63. The molecule has 0 bridgehead atoms. The van der Waals surface area contributed by atoms with E-state index in [4.69, 9.17) is 9.15 Å². The third kappa shape index (κ3) is 3.10. The van der Waals surface area contributed by atoms with Crippen molar-refractivity contribution in [3.8, 4) is 0 Å². The zero-order valence-corrected chi connectivity index (χ0v) is 10.3. The summed E-state index contributed by atoms with van der Waals surface area (Å²) >= 11 is 1.61. The van der Waals surface area contributed by atoms with E-state index in [2.05, 4.69) is 0 Å². The smallest absolute Gasteiger partial charge is 0.410 e. The molecule has 4 nitrogen and oxygen atoms in total. The van der Waals surface area contributed by atoms with Crippen LogP contribution in [0.4, 0.5) is 4.79 Å². The summed E-state index contributed by atoms with van der Waals surface area (Å²) in [5.41, 5.74) is 1.09. The van der Waals surface area contributed by atoms with Crippen LogP contribution in [-0.4, -0.2) is 18.1 Å². The van der Waals surface area contributed by atoms with Crippen molar-refractivity contribution in [2.45, 2.75) is 13.1 Å². The second kappa shape index (κ2) is 5.54. The van der Waals surface area contributed by atoms with Gasteiger partial charge in [-0.2, -0.15) is 11.3 Å². The molecule has 0 aliphatic heterocycles. The highest BCUT2D eigenvalue weighted by atomic mass is 32.1. The van der Waals surface area contributed by atoms with E-state index >= 15 is 0 Å². The van der Waals surface area contributed by atoms with Gasteiger partial charge in [-0.15, -0.1) is 0 Å². The highest BCUT2D eigenvalue weighted by Crippen LogP contribution is 2.13. The third-order valence-electron chi connectivity index (χ3n) is 2.31. The van der Waals surface area contributed by atoms with Crippen LogP contribution in [0.3, 0.4) is 0 Å². The molecule has 17 heavy (non-hydrogen) atoms. The van der Waals surface area contributed by atoms with E-state index in [9.17, 15) is 4.79 Å². The molecule has 0 saturated heterocycles. The summed E-state index contributed by atoms with van der Waals surface area (Å²) in [6.07, 6.45) is 1.24. The first-order valence-corrected chi connectivity index (χ1v) is 6.10. The summed E-state index contributed by atoms with van der Waals surface area (Å²) in [6.45, 7) is 0.937. The van der Waals surface area contributed by atoms with Crippen LogP contribution in [0.5, 0.6) is 0 Å². The van der Waals surface area contributed by atoms with Gasteiger partial charge in [-0.05, 0) is 34.5 Å². The zero-order chi connectivity index (χ0) is 12.1. The molecular weight excluding hydrogens is 238 g/mol. The molecule has 0 unspecified atom stereocenters. The first-order valence-electron chi connectivity index (χ1n) is 5.16. The Morgan fingerprint density at radius 3 is 2.94 bits per heavy atom. The Labute approximate surface area is 103 Å². The Morgan fingerprint density at radius 2 is 2.35 bits per heavy atom. The molecule has 0 radical (unpaired) electrons. The lowest BCUT2D eigenvalue weighted by Gasteiger charge is -2.19. The van der Waals surface area contributed by atoms with Crippen LogP contribution in [0.25, 0.3) is 0 Å². The summed E-state index contributed by atoms with van der Waals surface area (Å²) in [7, 11) is 1.38. The van der Waals surface area contributed by atoms with Crippen molar-refractivity contribution in [2.24, 2.45) is 0 Å². The predicted octanol–water partition coefficient (Wildman–Crippen LogP) is 3.11. The highest BCUT2D eigenvalue weighted by Gasteiger charge is 2.16. The van der Waals surface area contributed by atoms with Crippen molar-refractivity contribution in [1.29, 1.82) is 0 Å². The van der Waals surface area contributed by atoms with E-state index in [-0.39, 0.29) is 6.09 Å². The Bertz CT molecular complexity index is 414. The summed E-state index contributed by atoms with van der Waals surface area (Å²) in [5.74, 6) is 0.741. The molecule has 2 aromatic rings.